The molecule has 0 aliphatic heterocycles. The molecule has 21 heavy (non-hydrogen) atoms. The highest BCUT2D eigenvalue weighted by Crippen LogP contribution is 2.25. The summed E-state index contributed by atoms with van der Waals surface area (Å²) in [7, 11) is 1.38. The number of amides is 1. The molecule has 5 nitrogen and oxygen atoms in total. The molecule has 1 amide bonds. The average molecular weight is 297 g/mol. The van der Waals surface area contributed by atoms with Crippen molar-refractivity contribution >= 4 is 17.6 Å². The van der Waals surface area contributed by atoms with E-state index in [9.17, 15) is 14.0 Å². The maximum atomic E-state index is 13.0. The number of benzene rings is 1. The Morgan fingerprint density at radius 3 is 2.48 bits per heavy atom. The van der Waals surface area contributed by atoms with E-state index in [1.54, 1.807) is 20.8 Å². The van der Waals surface area contributed by atoms with Crippen molar-refractivity contribution < 1.29 is 23.5 Å². The van der Waals surface area contributed by atoms with E-state index in [0.29, 0.717) is 5.69 Å². The molecule has 0 saturated carbocycles. The molecule has 0 aliphatic rings. The molecule has 1 aromatic carbocycles. The Labute approximate surface area is 123 Å². The predicted octanol–water partition coefficient (Wildman–Crippen LogP) is 2.89. The second-order valence-electron chi connectivity index (χ2n) is 5.48. The summed E-state index contributed by atoms with van der Waals surface area (Å²) in [5.41, 5.74) is -0.221. The molecule has 0 radical (unpaired) electrons. The van der Waals surface area contributed by atoms with Crippen LogP contribution in [-0.2, 0) is 14.3 Å². The largest absolute Gasteiger partial charge is 0.494 e. The number of carbonyl (C=O) groups is 2. The summed E-state index contributed by atoms with van der Waals surface area (Å²) in [5, 5.41) is 2.57. The first kappa shape index (κ1) is 16.9. The highest BCUT2D eigenvalue weighted by Gasteiger charge is 2.17. The maximum Gasteiger partial charge on any atom is 0.306 e. The summed E-state index contributed by atoms with van der Waals surface area (Å²) >= 11 is 0. The summed E-state index contributed by atoms with van der Waals surface area (Å²) in [5.74, 6) is -1.05. The summed E-state index contributed by atoms with van der Waals surface area (Å²) in [4.78, 5) is 23.3. The minimum atomic E-state index is -0.576. The molecule has 0 aliphatic carbocycles. The van der Waals surface area contributed by atoms with Crippen molar-refractivity contribution in [2.45, 2.75) is 39.2 Å². The van der Waals surface area contributed by atoms with Crippen molar-refractivity contribution in [3.63, 3.8) is 0 Å². The van der Waals surface area contributed by atoms with E-state index in [0.717, 1.165) is 0 Å². The van der Waals surface area contributed by atoms with Crippen molar-refractivity contribution in [3.8, 4) is 5.75 Å². The van der Waals surface area contributed by atoms with Crippen LogP contribution in [0.4, 0.5) is 10.1 Å². The fraction of sp³-hybridized carbons (Fsp3) is 0.467. The van der Waals surface area contributed by atoms with E-state index in [2.05, 4.69) is 5.32 Å². The lowest BCUT2D eigenvalue weighted by Gasteiger charge is -2.19. The van der Waals surface area contributed by atoms with Crippen LogP contribution < -0.4 is 10.1 Å². The Bertz CT molecular complexity index is 523. The van der Waals surface area contributed by atoms with Gasteiger partial charge in [-0.15, -0.1) is 0 Å². The van der Waals surface area contributed by atoms with Crippen LogP contribution in [-0.4, -0.2) is 24.6 Å². The standard InChI is InChI=1S/C15H20FNO4/c1-15(2,3)21-14(19)8-7-13(18)17-11-6-5-10(16)9-12(11)20-4/h5-6,9H,7-8H2,1-4H3,(H,17,18). The Balaban J connectivity index is 2.53. The Kier molecular flexibility index (Phi) is 5.69. The third kappa shape index (κ3) is 6.25. The van der Waals surface area contributed by atoms with Gasteiger partial charge in [-0.05, 0) is 32.9 Å². The van der Waals surface area contributed by atoms with Crippen LogP contribution in [0.5, 0.6) is 5.75 Å². The second-order valence-corrected chi connectivity index (χ2v) is 5.48. The fourth-order valence-corrected chi connectivity index (χ4v) is 1.59. The normalized spacial score (nSPS) is 10.9. The quantitative estimate of drug-likeness (QED) is 0.849. The van der Waals surface area contributed by atoms with Gasteiger partial charge >= 0.3 is 5.97 Å². The number of esters is 1. The Hall–Kier alpha value is -2.11. The van der Waals surface area contributed by atoms with Gasteiger partial charge in [0.2, 0.25) is 5.91 Å². The van der Waals surface area contributed by atoms with Gasteiger partial charge in [-0.2, -0.15) is 0 Å². The molecule has 1 N–H and O–H groups in total. The third-order valence-corrected chi connectivity index (χ3v) is 2.41. The number of methoxy groups -OCH3 is 1. The van der Waals surface area contributed by atoms with Gasteiger partial charge in [-0.3, -0.25) is 9.59 Å². The Morgan fingerprint density at radius 1 is 1.24 bits per heavy atom. The number of anilines is 1. The van der Waals surface area contributed by atoms with E-state index in [-0.39, 0.29) is 24.5 Å². The molecular weight excluding hydrogens is 277 g/mol. The van der Waals surface area contributed by atoms with Crippen LogP contribution >= 0.6 is 0 Å². The van der Waals surface area contributed by atoms with E-state index in [1.165, 1.54) is 25.3 Å². The van der Waals surface area contributed by atoms with E-state index >= 15 is 0 Å². The fourth-order valence-electron chi connectivity index (χ4n) is 1.59. The third-order valence-electron chi connectivity index (χ3n) is 2.41. The SMILES string of the molecule is COc1cc(F)ccc1NC(=O)CCC(=O)OC(C)(C)C. The molecule has 0 heterocycles. The molecule has 0 fully saturated rings. The predicted molar refractivity (Wildman–Crippen MR) is 76.7 cm³/mol. The van der Waals surface area contributed by atoms with Gasteiger partial charge < -0.3 is 14.8 Å². The zero-order valence-electron chi connectivity index (χ0n) is 12.7. The summed E-state index contributed by atoms with van der Waals surface area (Å²) in [6.07, 6.45) is -0.0396. The first-order chi connectivity index (χ1) is 9.71. The van der Waals surface area contributed by atoms with Crippen LogP contribution in [0.15, 0.2) is 18.2 Å². The van der Waals surface area contributed by atoms with Crippen LogP contribution in [0.25, 0.3) is 0 Å². The monoisotopic (exact) mass is 297 g/mol. The zero-order valence-corrected chi connectivity index (χ0v) is 12.7. The van der Waals surface area contributed by atoms with Crippen molar-refractivity contribution in [2.24, 2.45) is 0 Å². The molecule has 0 aromatic heterocycles. The lowest BCUT2D eigenvalue weighted by Crippen LogP contribution is -2.24. The molecule has 0 saturated heterocycles. The first-order valence-electron chi connectivity index (χ1n) is 6.56. The van der Waals surface area contributed by atoms with E-state index < -0.39 is 17.4 Å². The molecule has 0 unspecified atom stereocenters. The van der Waals surface area contributed by atoms with Gasteiger partial charge in [0, 0.05) is 12.5 Å². The molecule has 1 rings (SSSR count). The Morgan fingerprint density at radius 2 is 1.90 bits per heavy atom. The minimum absolute atomic E-state index is 0.0184. The van der Waals surface area contributed by atoms with E-state index in [1.807, 2.05) is 0 Å². The smallest absolute Gasteiger partial charge is 0.306 e. The zero-order chi connectivity index (χ0) is 16.0. The van der Waals surface area contributed by atoms with Crippen molar-refractivity contribution in [2.75, 3.05) is 12.4 Å². The van der Waals surface area contributed by atoms with Crippen molar-refractivity contribution in [3.05, 3.63) is 24.0 Å². The number of nitrogens with one attached hydrogen (secondary N) is 1. The highest BCUT2D eigenvalue weighted by molar-refractivity contribution is 5.93. The van der Waals surface area contributed by atoms with Gasteiger partial charge in [-0.1, -0.05) is 0 Å². The van der Waals surface area contributed by atoms with Gasteiger partial charge in [0.25, 0.3) is 0 Å². The molecule has 6 heteroatoms. The average Bonchev–Trinajstić information content (AvgIpc) is 2.36. The molecule has 0 spiro atoms. The number of hydrogen-bond donors (Lipinski definition) is 1. The van der Waals surface area contributed by atoms with Crippen molar-refractivity contribution in [1.82, 2.24) is 0 Å². The summed E-state index contributed by atoms with van der Waals surface area (Å²) in [6.45, 7) is 5.27. The summed E-state index contributed by atoms with van der Waals surface area (Å²) < 4.78 is 23.1. The van der Waals surface area contributed by atoms with Crippen LogP contribution in [0.2, 0.25) is 0 Å². The molecule has 0 bridgehead atoms. The number of rotatable bonds is 5. The molecular formula is C15H20FNO4. The number of ether oxygens (including phenoxy) is 2. The molecule has 0 atom stereocenters. The molecule has 1 aromatic rings. The number of hydrogen-bond acceptors (Lipinski definition) is 4. The van der Waals surface area contributed by atoms with Gasteiger partial charge in [0.1, 0.15) is 17.2 Å². The number of halogens is 1. The van der Waals surface area contributed by atoms with Gasteiger partial charge in [-0.25, -0.2) is 4.39 Å². The van der Waals surface area contributed by atoms with Crippen LogP contribution in [0.3, 0.4) is 0 Å². The lowest BCUT2D eigenvalue weighted by atomic mass is 10.2. The van der Waals surface area contributed by atoms with Crippen LogP contribution in [0, 0.1) is 5.82 Å². The minimum Gasteiger partial charge on any atom is -0.494 e. The maximum absolute atomic E-state index is 13.0. The van der Waals surface area contributed by atoms with E-state index in [4.69, 9.17) is 9.47 Å². The van der Waals surface area contributed by atoms with Gasteiger partial charge in [0.15, 0.2) is 0 Å². The van der Waals surface area contributed by atoms with Gasteiger partial charge in [0.05, 0.1) is 19.2 Å². The second kappa shape index (κ2) is 7.06. The lowest BCUT2D eigenvalue weighted by molar-refractivity contribution is -0.155. The highest BCUT2D eigenvalue weighted by atomic mass is 19.1. The number of carbonyl (C=O) groups excluding carboxylic acids is 2. The first-order valence-corrected chi connectivity index (χ1v) is 6.56. The summed E-state index contributed by atoms with van der Waals surface area (Å²) in [6, 6.07) is 3.79. The topological polar surface area (TPSA) is 64.6 Å². The van der Waals surface area contributed by atoms with Crippen LogP contribution in [0.1, 0.15) is 33.6 Å². The molecule has 116 valence electrons. The van der Waals surface area contributed by atoms with Crippen molar-refractivity contribution in [1.29, 1.82) is 0 Å².